The van der Waals surface area contributed by atoms with Gasteiger partial charge in [-0.15, -0.1) is 0 Å². The highest BCUT2D eigenvalue weighted by Crippen LogP contribution is 2.31. The lowest BCUT2D eigenvalue weighted by molar-refractivity contribution is -0.116. The summed E-state index contributed by atoms with van der Waals surface area (Å²) in [6.07, 6.45) is 4.70. The Morgan fingerprint density at radius 3 is 2.92 bits per heavy atom. The van der Waals surface area contributed by atoms with Crippen LogP contribution in [0.4, 0.5) is 5.69 Å². The first-order valence-electron chi connectivity index (χ1n) is 8.77. The number of hydrogen-bond donors (Lipinski definition) is 1. The second kappa shape index (κ2) is 6.48. The normalized spacial score (nSPS) is 19.7. The van der Waals surface area contributed by atoms with E-state index >= 15 is 0 Å². The molecule has 1 aromatic carbocycles. The minimum atomic E-state index is -3.73. The highest BCUT2D eigenvalue weighted by Gasteiger charge is 2.29. The average Bonchev–Trinajstić information content (AvgIpc) is 3.10. The molecule has 4 rings (SSSR count). The Hall–Kier alpha value is -2.26. The Kier molecular flexibility index (Phi) is 4.28. The smallest absolute Gasteiger partial charge is 0.241 e. The van der Waals surface area contributed by atoms with Crippen molar-refractivity contribution >= 4 is 21.6 Å². The molecule has 0 fully saturated rings. The van der Waals surface area contributed by atoms with Gasteiger partial charge in [-0.05, 0) is 43.4 Å². The maximum atomic E-state index is 12.9. The number of nitrogens with zero attached hydrogens (tertiary/aromatic N) is 4. The number of sulfonamides is 1. The summed E-state index contributed by atoms with van der Waals surface area (Å²) in [5.41, 5.74) is 1.70. The first-order chi connectivity index (χ1) is 12.5. The topological polar surface area (TPSA) is 97.2 Å². The van der Waals surface area contributed by atoms with E-state index in [1.54, 1.807) is 21.7 Å². The summed E-state index contributed by atoms with van der Waals surface area (Å²) in [4.78, 5) is 17.9. The molecule has 2 aliphatic rings. The van der Waals surface area contributed by atoms with Crippen molar-refractivity contribution in [3.05, 3.63) is 35.9 Å². The van der Waals surface area contributed by atoms with Crippen LogP contribution in [0, 0.1) is 0 Å². The number of carbonyl (C=O) groups excluding carboxylic acids is 1. The van der Waals surface area contributed by atoms with Crippen molar-refractivity contribution in [2.45, 2.75) is 50.1 Å². The first-order valence-corrected chi connectivity index (χ1v) is 10.2. The number of hydrogen-bond acceptors (Lipinski definition) is 5. The SMILES string of the molecule is CC(=O)N1CCCc2ccc(S(=O)(=O)NC3CCCn4ncnc43)cc21. The van der Waals surface area contributed by atoms with Gasteiger partial charge < -0.3 is 4.90 Å². The standard InChI is InChI=1S/C17H21N5O3S/c1-12(23)21-8-2-4-13-6-7-14(10-16(13)21)26(24,25)20-15-5-3-9-22-17(15)18-11-19-22/h6-7,10-11,15,20H,2-5,8-9H2,1H3. The predicted molar refractivity (Wildman–Crippen MR) is 95.1 cm³/mol. The fourth-order valence-corrected chi connectivity index (χ4v) is 4.95. The van der Waals surface area contributed by atoms with Crippen LogP contribution in [0.3, 0.4) is 0 Å². The van der Waals surface area contributed by atoms with Crippen LogP contribution in [0.15, 0.2) is 29.4 Å². The summed E-state index contributed by atoms with van der Waals surface area (Å²) >= 11 is 0. The zero-order chi connectivity index (χ0) is 18.3. The third-order valence-electron chi connectivity index (χ3n) is 4.98. The second-order valence-corrected chi connectivity index (χ2v) is 8.44. The Labute approximate surface area is 152 Å². The number of carbonyl (C=O) groups is 1. The third kappa shape index (κ3) is 3.01. The lowest BCUT2D eigenvalue weighted by atomic mass is 10.0. The van der Waals surface area contributed by atoms with E-state index in [4.69, 9.17) is 0 Å². The minimum Gasteiger partial charge on any atom is -0.312 e. The van der Waals surface area contributed by atoms with Crippen LogP contribution in [-0.4, -0.2) is 35.6 Å². The molecule has 0 bridgehead atoms. The molecule has 0 saturated heterocycles. The molecule has 0 spiro atoms. The number of anilines is 1. The molecule has 2 aromatic rings. The maximum Gasteiger partial charge on any atom is 0.241 e. The largest absolute Gasteiger partial charge is 0.312 e. The average molecular weight is 375 g/mol. The Morgan fingerprint density at radius 2 is 2.12 bits per heavy atom. The molecular formula is C17H21N5O3S. The van der Waals surface area contributed by atoms with Crippen LogP contribution in [0.25, 0.3) is 0 Å². The molecule has 3 heterocycles. The molecular weight excluding hydrogens is 354 g/mol. The van der Waals surface area contributed by atoms with Crippen LogP contribution in [0.5, 0.6) is 0 Å². The van der Waals surface area contributed by atoms with Gasteiger partial charge >= 0.3 is 0 Å². The van der Waals surface area contributed by atoms with Crippen molar-refractivity contribution in [1.82, 2.24) is 19.5 Å². The van der Waals surface area contributed by atoms with Gasteiger partial charge in [-0.1, -0.05) is 6.07 Å². The molecule has 138 valence electrons. The van der Waals surface area contributed by atoms with Gasteiger partial charge in [-0.25, -0.2) is 22.8 Å². The molecule has 0 saturated carbocycles. The summed E-state index contributed by atoms with van der Waals surface area (Å²) in [5, 5.41) is 4.12. The van der Waals surface area contributed by atoms with Gasteiger partial charge in [-0.2, -0.15) is 5.10 Å². The number of amides is 1. The highest BCUT2D eigenvalue weighted by atomic mass is 32.2. The quantitative estimate of drug-likeness (QED) is 0.874. The predicted octanol–water partition coefficient (Wildman–Crippen LogP) is 1.39. The van der Waals surface area contributed by atoms with Gasteiger partial charge in [0.25, 0.3) is 0 Å². The van der Waals surface area contributed by atoms with Gasteiger partial charge in [0.1, 0.15) is 12.2 Å². The lowest BCUT2D eigenvalue weighted by Gasteiger charge is -2.29. The molecule has 1 amide bonds. The van der Waals surface area contributed by atoms with Crippen molar-refractivity contribution in [3.8, 4) is 0 Å². The van der Waals surface area contributed by atoms with E-state index in [2.05, 4.69) is 14.8 Å². The van der Waals surface area contributed by atoms with Gasteiger partial charge in [0.15, 0.2) is 0 Å². The summed E-state index contributed by atoms with van der Waals surface area (Å²) in [6, 6.07) is 4.63. The van der Waals surface area contributed by atoms with E-state index in [0.29, 0.717) is 24.5 Å². The number of aromatic nitrogens is 3. The minimum absolute atomic E-state index is 0.0751. The first kappa shape index (κ1) is 17.2. The maximum absolute atomic E-state index is 12.9. The molecule has 9 heteroatoms. The van der Waals surface area contributed by atoms with Crippen molar-refractivity contribution in [3.63, 3.8) is 0 Å². The molecule has 1 atom stereocenters. The Morgan fingerprint density at radius 1 is 1.27 bits per heavy atom. The highest BCUT2D eigenvalue weighted by molar-refractivity contribution is 7.89. The van der Waals surface area contributed by atoms with E-state index in [1.807, 2.05) is 6.07 Å². The molecule has 1 unspecified atom stereocenters. The van der Waals surface area contributed by atoms with Gasteiger partial charge in [0.05, 0.1) is 10.9 Å². The monoisotopic (exact) mass is 375 g/mol. The number of rotatable bonds is 3. The van der Waals surface area contributed by atoms with Gasteiger partial charge in [0, 0.05) is 25.7 Å². The number of nitrogens with one attached hydrogen (secondary N) is 1. The van der Waals surface area contributed by atoms with Crippen molar-refractivity contribution in [2.24, 2.45) is 0 Å². The summed E-state index contributed by atoms with van der Waals surface area (Å²) in [5.74, 6) is 0.567. The zero-order valence-electron chi connectivity index (χ0n) is 14.6. The van der Waals surface area contributed by atoms with E-state index in [9.17, 15) is 13.2 Å². The van der Waals surface area contributed by atoms with Gasteiger partial charge in [-0.3, -0.25) is 4.79 Å². The van der Waals surface area contributed by atoms with Crippen LogP contribution >= 0.6 is 0 Å². The van der Waals surface area contributed by atoms with Crippen LogP contribution in [-0.2, 0) is 27.8 Å². The lowest BCUT2D eigenvalue weighted by Crippen LogP contribution is -2.35. The van der Waals surface area contributed by atoms with Gasteiger partial charge in [0.2, 0.25) is 15.9 Å². The third-order valence-corrected chi connectivity index (χ3v) is 6.45. The number of aryl methyl sites for hydroxylation is 2. The van der Waals surface area contributed by atoms with Crippen molar-refractivity contribution < 1.29 is 13.2 Å². The Balaban J connectivity index is 1.65. The van der Waals surface area contributed by atoms with Crippen LogP contribution < -0.4 is 9.62 Å². The zero-order valence-corrected chi connectivity index (χ0v) is 15.4. The molecule has 1 N–H and O–H groups in total. The summed E-state index contributed by atoms with van der Waals surface area (Å²) in [6.45, 7) is 2.87. The van der Waals surface area contributed by atoms with E-state index < -0.39 is 16.1 Å². The van der Waals surface area contributed by atoms with Crippen molar-refractivity contribution in [1.29, 1.82) is 0 Å². The van der Waals surface area contributed by atoms with Crippen molar-refractivity contribution in [2.75, 3.05) is 11.4 Å². The number of benzene rings is 1. The molecule has 0 radical (unpaired) electrons. The molecule has 1 aromatic heterocycles. The van der Waals surface area contributed by atoms with Crippen LogP contribution in [0.2, 0.25) is 0 Å². The fraction of sp³-hybridized carbons (Fsp3) is 0.471. The molecule has 0 aliphatic carbocycles. The van der Waals surface area contributed by atoms with E-state index in [1.165, 1.54) is 13.3 Å². The number of fused-ring (bicyclic) bond motifs is 2. The summed E-state index contributed by atoms with van der Waals surface area (Å²) in [7, 11) is -3.73. The van der Waals surface area contributed by atoms with Crippen LogP contribution in [0.1, 0.15) is 43.6 Å². The second-order valence-electron chi connectivity index (χ2n) is 6.72. The molecule has 2 aliphatic heterocycles. The molecule has 8 nitrogen and oxygen atoms in total. The summed E-state index contributed by atoms with van der Waals surface area (Å²) < 4.78 is 30.3. The molecule has 26 heavy (non-hydrogen) atoms. The Bertz CT molecular complexity index is 953. The fourth-order valence-electron chi connectivity index (χ4n) is 3.71. The van der Waals surface area contributed by atoms with E-state index in [0.717, 1.165) is 31.4 Å². The van der Waals surface area contributed by atoms with E-state index in [-0.39, 0.29) is 10.8 Å².